The van der Waals surface area contributed by atoms with Crippen LogP contribution in [-0.4, -0.2) is 5.16 Å². The highest BCUT2D eigenvalue weighted by atomic mass is 16.5. The summed E-state index contributed by atoms with van der Waals surface area (Å²) >= 11 is 0. The molecule has 0 radical (unpaired) electrons. The van der Waals surface area contributed by atoms with Crippen molar-refractivity contribution in [3.05, 3.63) is 17.5 Å². The van der Waals surface area contributed by atoms with E-state index in [-0.39, 0.29) is 0 Å². The van der Waals surface area contributed by atoms with Crippen LogP contribution in [0.5, 0.6) is 0 Å². The van der Waals surface area contributed by atoms with Crippen molar-refractivity contribution in [3.63, 3.8) is 0 Å². The molecule has 3 rings (SSSR count). The van der Waals surface area contributed by atoms with Crippen molar-refractivity contribution in [2.75, 3.05) is 0 Å². The third kappa shape index (κ3) is 1.12. The first kappa shape index (κ1) is 8.48. The molecule has 2 saturated carbocycles. The van der Waals surface area contributed by atoms with E-state index >= 15 is 0 Å². The molecule has 1 aromatic heterocycles. The monoisotopic (exact) mass is 192 g/mol. The molecule has 0 amide bonds. The predicted molar refractivity (Wildman–Crippen MR) is 52.6 cm³/mol. The fourth-order valence-electron chi connectivity index (χ4n) is 3.29. The van der Waals surface area contributed by atoms with E-state index in [1.54, 1.807) is 6.20 Å². The third-order valence-corrected chi connectivity index (χ3v) is 3.97. The number of nitrogens with zero attached hydrogens (tertiary/aromatic N) is 1. The maximum atomic E-state index is 5.66. The minimum absolute atomic E-state index is 0.562. The quantitative estimate of drug-likeness (QED) is 0.780. The van der Waals surface area contributed by atoms with Crippen molar-refractivity contribution >= 4 is 0 Å². The lowest BCUT2D eigenvalue weighted by molar-refractivity contribution is 0.308. The van der Waals surface area contributed by atoms with Gasteiger partial charge in [0.15, 0.2) is 0 Å². The number of nitrogens with two attached hydrogens (primary N) is 1. The molecular formula is C11H16N2O. The number of rotatable bonds is 2. The second-order valence-corrected chi connectivity index (χ2v) is 4.70. The van der Waals surface area contributed by atoms with Gasteiger partial charge in [0.25, 0.3) is 0 Å². The Morgan fingerprint density at radius 2 is 2.36 bits per heavy atom. The van der Waals surface area contributed by atoms with Gasteiger partial charge in [-0.05, 0) is 31.1 Å². The van der Waals surface area contributed by atoms with Crippen LogP contribution in [0.4, 0.5) is 0 Å². The number of hydrogen-bond donors (Lipinski definition) is 1. The van der Waals surface area contributed by atoms with Gasteiger partial charge in [-0.25, -0.2) is 0 Å². The molecule has 2 N–H and O–H groups in total. The molecule has 3 atom stereocenters. The van der Waals surface area contributed by atoms with E-state index in [4.69, 9.17) is 10.3 Å². The summed E-state index contributed by atoms with van der Waals surface area (Å²) in [6.07, 6.45) is 7.27. The Morgan fingerprint density at radius 3 is 3.00 bits per heavy atom. The molecule has 3 unspecified atom stereocenters. The first-order chi connectivity index (χ1) is 6.88. The molecule has 3 nitrogen and oxygen atoms in total. The zero-order chi connectivity index (χ0) is 9.54. The Labute approximate surface area is 83.6 Å². The molecule has 2 aliphatic carbocycles. The molecule has 1 aromatic rings. The van der Waals surface area contributed by atoms with Gasteiger partial charge in [-0.15, -0.1) is 0 Å². The standard InChI is InChI=1S/C11H16N2O/c12-5-9-6-13-14-11(9)10-4-7-1-2-8(10)3-7/h6-8,10H,1-5,12H2. The van der Waals surface area contributed by atoms with Crippen molar-refractivity contribution < 1.29 is 4.52 Å². The van der Waals surface area contributed by atoms with Crippen LogP contribution >= 0.6 is 0 Å². The van der Waals surface area contributed by atoms with Crippen LogP contribution in [0.3, 0.4) is 0 Å². The molecular weight excluding hydrogens is 176 g/mol. The van der Waals surface area contributed by atoms with Crippen LogP contribution in [0.2, 0.25) is 0 Å². The van der Waals surface area contributed by atoms with Gasteiger partial charge in [0, 0.05) is 18.0 Å². The Hall–Kier alpha value is -0.830. The minimum Gasteiger partial charge on any atom is -0.361 e. The lowest BCUT2D eigenvalue weighted by atomic mass is 9.85. The third-order valence-electron chi connectivity index (χ3n) is 3.97. The summed E-state index contributed by atoms with van der Waals surface area (Å²) in [6.45, 7) is 0.562. The lowest BCUT2D eigenvalue weighted by Crippen LogP contribution is -2.10. The van der Waals surface area contributed by atoms with E-state index in [2.05, 4.69) is 5.16 Å². The van der Waals surface area contributed by atoms with Crippen molar-refractivity contribution in [2.45, 2.75) is 38.1 Å². The van der Waals surface area contributed by atoms with Crippen LogP contribution < -0.4 is 5.73 Å². The zero-order valence-corrected chi connectivity index (χ0v) is 8.28. The summed E-state index contributed by atoms with van der Waals surface area (Å²) < 4.78 is 5.36. The largest absolute Gasteiger partial charge is 0.361 e. The SMILES string of the molecule is NCc1cnoc1C1CC2CCC1C2. The van der Waals surface area contributed by atoms with Gasteiger partial charge >= 0.3 is 0 Å². The molecule has 2 bridgehead atoms. The van der Waals surface area contributed by atoms with Gasteiger partial charge in [0.05, 0.1) is 6.20 Å². The van der Waals surface area contributed by atoms with Crippen LogP contribution in [0.15, 0.2) is 10.7 Å². The summed E-state index contributed by atoms with van der Waals surface area (Å²) in [4.78, 5) is 0. The second-order valence-electron chi connectivity index (χ2n) is 4.70. The van der Waals surface area contributed by atoms with Crippen molar-refractivity contribution in [2.24, 2.45) is 17.6 Å². The Kier molecular flexibility index (Phi) is 1.87. The molecule has 1 heterocycles. The smallest absolute Gasteiger partial charge is 0.144 e. The Balaban J connectivity index is 1.89. The molecule has 0 saturated heterocycles. The molecule has 2 aliphatic rings. The minimum atomic E-state index is 0.562. The zero-order valence-electron chi connectivity index (χ0n) is 8.28. The van der Waals surface area contributed by atoms with E-state index in [0.717, 1.165) is 23.2 Å². The van der Waals surface area contributed by atoms with E-state index in [0.29, 0.717) is 12.5 Å². The van der Waals surface area contributed by atoms with Gasteiger partial charge in [-0.2, -0.15) is 0 Å². The highest BCUT2D eigenvalue weighted by molar-refractivity contribution is 5.20. The Morgan fingerprint density at radius 1 is 1.43 bits per heavy atom. The normalized spacial score (nSPS) is 35.4. The maximum Gasteiger partial charge on any atom is 0.144 e. The molecule has 0 aromatic carbocycles. The van der Waals surface area contributed by atoms with Crippen LogP contribution in [0.1, 0.15) is 42.9 Å². The van der Waals surface area contributed by atoms with Gasteiger partial charge < -0.3 is 10.3 Å². The summed E-state index contributed by atoms with van der Waals surface area (Å²) in [5.41, 5.74) is 6.77. The highest BCUT2D eigenvalue weighted by Gasteiger charge is 2.42. The van der Waals surface area contributed by atoms with E-state index in [1.807, 2.05) is 0 Å². The van der Waals surface area contributed by atoms with Crippen molar-refractivity contribution in [3.8, 4) is 0 Å². The number of fused-ring (bicyclic) bond motifs is 2. The number of hydrogen-bond acceptors (Lipinski definition) is 3. The highest BCUT2D eigenvalue weighted by Crippen LogP contribution is 2.53. The fraction of sp³-hybridized carbons (Fsp3) is 0.727. The average molecular weight is 192 g/mol. The van der Waals surface area contributed by atoms with Gasteiger partial charge in [-0.3, -0.25) is 0 Å². The molecule has 14 heavy (non-hydrogen) atoms. The maximum absolute atomic E-state index is 5.66. The van der Waals surface area contributed by atoms with Gasteiger partial charge in [0.1, 0.15) is 5.76 Å². The molecule has 2 fully saturated rings. The van der Waals surface area contributed by atoms with E-state index < -0.39 is 0 Å². The van der Waals surface area contributed by atoms with Gasteiger partial charge in [0.2, 0.25) is 0 Å². The van der Waals surface area contributed by atoms with Crippen LogP contribution in [0.25, 0.3) is 0 Å². The first-order valence-corrected chi connectivity index (χ1v) is 5.52. The van der Waals surface area contributed by atoms with Crippen molar-refractivity contribution in [1.82, 2.24) is 5.16 Å². The average Bonchev–Trinajstić information content (AvgIpc) is 2.92. The first-order valence-electron chi connectivity index (χ1n) is 5.52. The Bertz CT molecular complexity index is 334. The summed E-state index contributed by atoms with van der Waals surface area (Å²) in [5.74, 6) is 3.49. The van der Waals surface area contributed by atoms with Crippen LogP contribution in [-0.2, 0) is 6.54 Å². The molecule has 0 spiro atoms. The van der Waals surface area contributed by atoms with Gasteiger partial charge in [-0.1, -0.05) is 11.6 Å². The summed E-state index contributed by atoms with van der Waals surface area (Å²) in [5, 5.41) is 3.87. The van der Waals surface area contributed by atoms with Crippen LogP contribution in [0, 0.1) is 11.8 Å². The van der Waals surface area contributed by atoms with E-state index in [1.165, 1.54) is 25.7 Å². The molecule has 76 valence electrons. The van der Waals surface area contributed by atoms with E-state index in [9.17, 15) is 0 Å². The fourth-order valence-corrected chi connectivity index (χ4v) is 3.29. The predicted octanol–water partition coefficient (Wildman–Crippen LogP) is 2.04. The second kappa shape index (κ2) is 3.09. The lowest BCUT2D eigenvalue weighted by Gasteiger charge is -2.19. The number of aromatic nitrogens is 1. The summed E-state index contributed by atoms with van der Waals surface area (Å²) in [7, 11) is 0. The summed E-state index contributed by atoms with van der Waals surface area (Å²) in [6, 6.07) is 0. The van der Waals surface area contributed by atoms with Crippen molar-refractivity contribution in [1.29, 1.82) is 0 Å². The topological polar surface area (TPSA) is 52.0 Å². The molecule has 3 heteroatoms. The molecule has 0 aliphatic heterocycles.